The molecule has 35 heavy (non-hydrogen) atoms. The van der Waals surface area contributed by atoms with E-state index in [-0.39, 0.29) is 29.9 Å². The monoisotopic (exact) mass is 487 g/mol. The van der Waals surface area contributed by atoms with Crippen LogP contribution < -0.4 is 22.1 Å². The van der Waals surface area contributed by atoms with Crippen molar-refractivity contribution in [3.63, 3.8) is 0 Å². The van der Waals surface area contributed by atoms with Crippen LogP contribution >= 0.6 is 11.3 Å². The van der Waals surface area contributed by atoms with Gasteiger partial charge in [-0.2, -0.15) is 4.98 Å². The molecule has 8 nitrogen and oxygen atoms in total. The molecule has 1 aliphatic carbocycles. The van der Waals surface area contributed by atoms with Gasteiger partial charge in [0.15, 0.2) is 5.96 Å². The number of nitrogens with one attached hydrogen (secondary N) is 2. The Bertz CT molecular complexity index is 1440. The summed E-state index contributed by atoms with van der Waals surface area (Å²) in [6.07, 6.45) is 4.01. The first-order valence-corrected chi connectivity index (χ1v) is 12.6. The fraction of sp³-hybridized carbons (Fsp3) is 0.308. The number of nitrogens with zero attached hydrogens (tertiary/aromatic N) is 3. The first kappa shape index (κ1) is 23.0. The number of benzene rings is 2. The molecule has 0 bridgehead atoms. The lowest BCUT2D eigenvalue weighted by molar-refractivity contribution is 0.102. The molecule has 2 heterocycles. The summed E-state index contributed by atoms with van der Waals surface area (Å²) < 4.78 is 1.08. The van der Waals surface area contributed by atoms with Crippen LogP contribution in [0.5, 0.6) is 0 Å². The molecule has 5 rings (SSSR count). The Morgan fingerprint density at radius 3 is 2.66 bits per heavy atom. The van der Waals surface area contributed by atoms with Crippen molar-refractivity contribution in [3.05, 3.63) is 58.5 Å². The lowest BCUT2D eigenvalue weighted by atomic mass is 9.90. The third kappa shape index (κ3) is 4.77. The summed E-state index contributed by atoms with van der Waals surface area (Å²) >= 11 is 1.47. The number of anilines is 2. The van der Waals surface area contributed by atoms with Crippen molar-refractivity contribution >= 4 is 56.0 Å². The molecule has 2 aromatic carbocycles. The number of carbonyl (C=O) groups is 1. The molecule has 0 aliphatic heterocycles. The van der Waals surface area contributed by atoms with E-state index >= 15 is 0 Å². The van der Waals surface area contributed by atoms with E-state index in [1.54, 1.807) is 0 Å². The average molecular weight is 488 g/mol. The topological polar surface area (TPSA) is 131 Å². The van der Waals surface area contributed by atoms with Crippen LogP contribution in [0.4, 0.5) is 11.8 Å². The Morgan fingerprint density at radius 2 is 1.86 bits per heavy atom. The van der Waals surface area contributed by atoms with E-state index in [1.807, 2.05) is 50.2 Å². The number of rotatable bonds is 5. The SMILES string of the molecule is Cc1ccc2nc(NC(=O)c3sc4ccccc4c3C)nc(N[C@H]3CCCC[C@H]3N=C(N)N)c2c1. The zero-order chi connectivity index (χ0) is 24.5. The smallest absolute Gasteiger partial charge is 0.268 e. The molecule has 6 N–H and O–H groups in total. The third-order valence-electron chi connectivity index (χ3n) is 6.49. The standard InChI is InChI=1S/C26H29N7OS/c1-14-11-12-18-17(13-14)23(29-19-8-4-5-9-20(19)30-25(27)28)32-26(31-18)33-24(34)22-15(2)16-7-3-6-10-21(16)35-22/h3,6-7,10-13,19-20H,4-5,8-9H2,1-2H3,(H4,27,28,30)(H2,29,31,32,33,34)/t19-,20+/m0/s1. The van der Waals surface area contributed by atoms with E-state index in [9.17, 15) is 4.79 Å². The van der Waals surface area contributed by atoms with Gasteiger partial charge in [-0.15, -0.1) is 11.3 Å². The number of hydrogen-bond acceptors (Lipinski definition) is 6. The maximum atomic E-state index is 13.2. The van der Waals surface area contributed by atoms with E-state index in [0.717, 1.165) is 57.8 Å². The highest BCUT2D eigenvalue weighted by Crippen LogP contribution is 2.32. The average Bonchev–Trinajstić information content (AvgIpc) is 3.17. The van der Waals surface area contributed by atoms with Crippen LogP contribution in [0.25, 0.3) is 21.0 Å². The number of fused-ring (bicyclic) bond motifs is 2. The van der Waals surface area contributed by atoms with Gasteiger partial charge >= 0.3 is 0 Å². The number of thiophene rings is 1. The van der Waals surface area contributed by atoms with Crippen molar-refractivity contribution in [2.24, 2.45) is 16.5 Å². The van der Waals surface area contributed by atoms with Crippen LogP contribution in [0.1, 0.15) is 46.5 Å². The van der Waals surface area contributed by atoms with Gasteiger partial charge in [0, 0.05) is 10.1 Å². The van der Waals surface area contributed by atoms with E-state index in [0.29, 0.717) is 10.7 Å². The second-order valence-corrected chi connectivity index (χ2v) is 10.1. The summed E-state index contributed by atoms with van der Waals surface area (Å²) in [4.78, 5) is 27.7. The van der Waals surface area contributed by atoms with Gasteiger partial charge < -0.3 is 16.8 Å². The number of nitrogens with two attached hydrogens (primary N) is 2. The molecule has 1 saturated carbocycles. The fourth-order valence-corrected chi connectivity index (χ4v) is 5.86. The Hall–Kier alpha value is -3.72. The van der Waals surface area contributed by atoms with Crippen molar-refractivity contribution in [3.8, 4) is 0 Å². The van der Waals surface area contributed by atoms with Crippen LogP contribution in [0.2, 0.25) is 0 Å². The van der Waals surface area contributed by atoms with Gasteiger partial charge in [0.05, 0.1) is 22.5 Å². The molecule has 0 radical (unpaired) electrons. The first-order valence-electron chi connectivity index (χ1n) is 11.8. The lowest BCUT2D eigenvalue weighted by Crippen LogP contribution is -2.38. The number of aromatic nitrogens is 2. The summed E-state index contributed by atoms with van der Waals surface area (Å²) in [5, 5.41) is 8.49. The molecule has 1 aliphatic rings. The highest BCUT2D eigenvalue weighted by atomic mass is 32.1. The summed E-state index contributed by atoms with van der Waals surface area (Å²) in [7, 11) is 0. The van der Waals surface area contributed by atoms with Crippen molar-refractivity contribution in [2.45, 2.75) is 51.6 Å². The molecule has 0 saturated heterocycles. The minimum atomic E-state index is -0.211. The molecule has 1 fully saturated rings. The Morgan fingerprint density at radius 1 is 1.06 bits per heavy atom. The number of carbonyl (C=O) groups excluding carboxylic acids is 1. The van der Waals surface area contributed by atoms with E-state index in [2.05, 4.69) is 26.7 Å². The van der Waals surface area contributed by atoms with Crippen LogP contribution in [0.15, 0.2) is 47.5 Å². The number of aliphatic imine (C=N–C) groups is 1. The molecule has 180 valence electrons. The quantitative estimate of drug-likeness (QED) is 0.238. The van der Waals surface area contributed by atoms with Gasteiger partial charge in [0.2, 0.25) is 5.95 Å². The van der Waals surface area contributed by atoms with Crippen LogP contribution in [-0.4, -0.2) is 33.9 Å². The van der Waals surface area contributed by atoms with Crippen LogP contribution in [0, 0.1) is 13.8 Å². The first-order chi connectivity index (χ1) is 16.9. The summed E-state index contributed by atoms with van der Waals surface area (Å²) in [5.41, 5.74) is 14.2. The van der Waals surface area contributed by atoms with Gasteiger partial charge in [-0.05, 0) is 55.8 Å². The van der Waals surface area contributed by atoms with E-state index in [1.165, 1.54) is 11.3 Å². The number of amides is 1. The molecular formula is C26H29N7OS. The van der Waals surface area contributed by atoms with Gasteiger partial charge in [0.1, 0.15) is 5.82 Å². The van der Waals surface area contributed by atoms with Gasteiger partial charge in [0.25, 0.3) is 5.91 Å². The number of aryl methyl sites for hydroxylation is 2. The van der Waals surface area contributed by atoms with Gasteiger partial charge in [-0.3, -0.25) is 10.1 Å². The molecule has 0 spiro atoms. The highest BCUT2D eigenvalue weighted by molar-refractivity contribution is 7.21. The maximum absolute atomic E-state index is 13.2. The highest BCUT2D eigenvalue weighted by Gasteiger charge is 2.26. The lowest BCUT2D eigenvalue weighted by Gasteiger charge is -2.30. The summed E-state index contributed by atoms with van der Waals surface area (Å²) in [6.45, 7) is 4.00. The number of hydrogen-bond donors (Lipinski definition) is 4. The molecule has 4 aromatic rings. The summed E-state index contributed by atoms with van der Waals surface area (Å²) in [6, 6.07) is 14.0. The molecule has 2 aromatic heterocycles. The Balaban J connectivity index is 1.49. The minimum absolute atomic E-state index is 0.0252. The van der Waals surface area contributed by atoms with Crippen molar-refractivity contribution in [2.75, 3.05) is 10.6 Å². The zero-order valence-corrected chi connectivity index (χ0v) is 20.7. The molecular weight excluding hydrogens is 458 g/mol. The van der Waals surface area contributed by atoms with Crippen LogP contribution in [0.3, 0.4) is 0 Å². The van der Waals surface area contributed by atoms with E-state index in [4.69, 9.17) is 16.5 Å². The molecule has 2 atom stereocenters. The Labute approximate surface area is 207 Å². The zero-order valence-electron chi connectivity index (χ0n) is 19.8. The molecule has 1 amide bonds. The second kappa shape index (κ2) is 9.50. The molecule has 0 unspecified atom stereocenters. The van der Waals surface area contributed by atoms with E-state index < -0.39 is 0 Å². The van der Waals surface area contributed by atoms with Crippen molar-refractivity contribution in [1.82, 2.24) is 9.97 Å². The molecule has 9 heteroatoms. The van der Waals surface area contributed by atoms with Crippen LogP contribution in [-0.2, 0) is 0 Å². The fourth-order valence-electron chi connectivity index (χ4n) is 4.76. The summed E-state index contributed by atoms with van der Waals surface area (Å²) in [5.74, 6) is 0.820. The minimum Gasteiger partial charge on any atom is -0.370 e. The van der Waals surface area contributed by atoms with Crippen molar-refractivity contribution in [1.29, 1.82) is 0 Å². The van der Waals surface area contributed by atoms with Gasteiger partial charge in [-0.25, -0.2) is 9.98 Å². The second-order valence-electron chi connectivity index (χ2n) is 9.08. The third-order valence-corrected chi connectivity index (χ3v) is 7.76. The van der Waals surface area contributed by atoms with Gasteiger partial charge in [-0.1, -0.05) is 42.7 Å². The van der Waals surface area contributed by atoms with Crippen molar-refractivity contribution < 1.29 is 4.79 Å². The predicted molar refractivity (Wildman–Crippen MR) is 144 cm³/mol. The maximum Gasteiger partial charge on any atom is 0.268 e. The Kier molecular flexibility index (Phi) is 6.25. The number of guanidine groups is 1. The normalized spacial score (nSPS) is 17.9. The largest absolute Gasteiger partial charge is 0.370 e. The predicted octanol–water partition coefficient (Wildman–Crippen LogP) is 4.71.